The van der Waals surface area contributed by atoms with E-state index in [2.05, 4.69) is 5.32 Å². The van der Waals surface area contributed by atoms with Gasteiger partial charge in [-0.3, -0.25) is 24.0 Å². The predicted octanol–water partition coefficient (Wildman–Crippen LogP) is 4.27. The summed E-state index contributed by atoms with van der Waals surface area (Å²) in [4.78, 5) is 39.0. The lowest BCUT2D eigenvalue weighted by Crippen LogP contribution is -2.52. The Balaban J connectivity index is 1.67. The van der Waals surface area contributed by atoms with Crippen molar-refractivity contribution in [2.75, 3.05) is 10.8 Å². The predicted molar refractivity (Wildman–Crippen MR) is 151 cm³/mol. The molecule has 40 heavy (non-hydrogen) atoms. The minimum Gasteiger partial charge on any atom is -0.352 e. The maximum absolute atomic E-state index is 13.9. The summed E-state index contributed by atoms with van der Waals surface area (Å²) >= 11 is 0. The van der Waals surface area contributed by atoms with E-state index in [-0.39, 0.29) is 34.8 Å². The molecule has 0 aromatic heterocycles. The minimum atomic E-state index is -4.24. The van der Waals surface area contributed by atoms with E-state index in [1.165, 1.54) is 41.3 Å². The van der Waals surface area contributed by atoms with Gasteiger partial charge in [-0.05, 0) is 49.6 Å². The number of hydrogen-bond donors (Lipinski definition) is 1. The second-order valence-corrected chi connectivity index (χ2v) is 11.6. The van der Waals surface area contributed by atoms with Crippen LogP contribution in [-0.4, -0.2) is 48.7 Å². The van der Waals surface area contributed by atoms with Crippen molar-refractivity contribution in [3.63, 3.8) is 0 Å². The molecule has 1 unspecified atom stereocenters. The molecule has 0 saturated heterocycles. The third-order valence-electron chi connectivity index (χ3n) is 7.02. The number of carbonyl (C=O) groups excluding carboxylic acids is 2. The Morgan fingerprint density at radius 1 is 0.950 bits per heavy atom. The van der Waals surface area contributed by atoms with Gasteiger partial charge in [0.1, 0.15) is 12.6 Å². The molecule has 0 spiro atoms. The van der Waals surface area contributed by atoms with Crippen LogP contribution in [0.1, 0.15) is 38.2 Å². The normalized spacial score (nSPS) is 14.3. The Labute approximate surface area is 233 Å². The Hall–Kier alpha value is -4.25. The minimum absolute atomic E-state index is 0.0391. The van der Waals surface area contributed by atoms with E-state index in [0.717, 1.165) is 35.6 Å². The highest BCUT2D eigenvalue weighted by molar-refractivity contribution is 7.92. The van der Waals surface area contributed by atoms with Crippen LogP contribution in [0.5, 0.6) is 0 Å². The quantitative estimate of drug-likeness (QED) is 0.274. The largest absolute Gasteiger partial charge is 0.352 e. The number of nitro benzene ring substituents is 1. The van der Waals surface area contributed by atoms with Crippen LogP contribution in [0.2, 0.25) is 0 Å². The van der Waals surface area contributed by atoms with Crippen molar-refractivity contribution in [1.82, 2.24) is 10.2 Å². The van der Waals surface area contributed by atoms with Gasteiger partial charge < -0.3 is 10.2 Å². The highest BCUT2D eigenvalue weighted by Crippen LogP contribution is 2.26. The average Bonchev–Trinajstić information content (AvgIpc) is 3.48. The van der Waals surface area contributed by atoms with Crippen molar-refractivity contribution in [2.24, 2.45) is 0 Å². The molecule has 210 valence electrons. The SMILES string of the molecule is CC(C(=O)NC1CCCC1)N(Cc1ccccc1)C(=O)CN(c1ccc([N+](=O)[O-])cc1)S(=O)(=O)c1ccccc1. The number of non-ortho nitro benzene ring substituents is 1. The molecule has 0 heterocycles. The van der Waals surface area contributed by atoms with Gasteiger partial charge in [0.15, 0.2) is 0 Å². The van der Waals surface area contributed by atoms with Crippen molar-refractivity contribution in [3.05, 3.63) is 101 Å². The first-order valence-electron chi connectivity index (χ1n) is 13.1. The zero-order chi connectivity index (χ0) is 28.7. The van der Waals surface area contributed by atoms with Gasteiger partial charge in [-0.1, -0.05) is 61.4 Å². The fourth-order valence-electron chi connectivity index (χ4n) is 4.74. The van der Waals surface area contributed by atoms with Gasteiger partial charge in [0, 0.05) is 24.7 Å². The van der Waals surface area contributed by atoms with Gasteiger partial charge in [-0.25, -0.2) is 8.42 Å². The molecule has 1 atom stereocenters. The molecule has 0 aliphatic heterocycles. The maximum Gasteiger partial charge on any atom is 0.269 e. The molecule has 4 rings (SSSR count). The van der Waals surface area contributed by atoms with Crippen LogP contribution >= 0.6 is 0 Å². The molecule has 1 fully saturated rings. The molecule has 3 aromatic carbocycles. The van der Waals surface area contributed by atoms with Crippen LogP contribution in [-0.2, 0) is 26.2 Å². The standard InChI is InChI=1S/C29H32N4O6S/c1-22(29(35)30-24-12-8-9-13-24)31(20-23-10-4-2-5-11-23)28(34)21-32(25-16-18-26(19-17-25)33(36)37)40(38,39)27-14-6-3-7-15-27/h2-7,10-11,14-19,22,24H,8-9,12-13,20-21H2,1H3,(H,30,35). The van der Waals surface area contributed by atoms with E-state index >= 15 is 0 Å². The number of rotatable bonds is 11. The smallest absolute Gasteiger partial charge is 0.269 e. The topological polar surface area (TPSA) is 130 Å². The molecular weight excluding hydrogens is 532 g/mol. The molecule has 1 N–H and O–H groups in total. The summed E-state index contributed by atoms with van der Waals surface area (Å²) in [5.74, 6) is -0.889. The Morgan fingerprint density at radius 3 is 2.10 bits per heavy atom. The molecule has 0 bridgehead atoms. The van der Waals surface area contributed by atoms with Crippen LogP contribution < -0.4 is 9.62 Å². The lowest BCUT2D eigenvalue weighted by Gasteiger charge is -2.32. The van der Waals surface area contributed by atoms with E-state index < -0.39 is 33.4 Å². The molecule has 10 nitrogen and oxygen atoms in total. The van der Waals surface area contributed by atoms with E-state index in [0.29, 0.717) is 0 Å². The number of sulfonamides is 1. The number of anilines is 1. The summed E-state index contributed by atoms with van der Waals surface area (Å²) in [6, 6.07) is 20.9. The van der Waals surface area contributed by atoms with Crippen LogP contribution in [0.4, 0.5) is 11.4 Å². The third-order valence-corrected chi connectivity index (χ3v) is 8.81. The average molecular weight is 565 g/mol. The van der Waals surface area contributed by atoms with Gasteiger partial charge in [-0.2, -0.15) is 0 Å². The first kappa shape index (κ1) is 28.8. The van der Waals surface area contributed by atoms with E-state index in [1.807, 2.05) is 30.3 Å². The monoisotopic (exact) mass is 564 g/mol. The van der Waals surface area contributed by atoms with E-state index in [9.17, 15) is 28.1 Å². The van der Waals surface area contributed by atoms with Crippen molar-refractivity contribution < 1.29 is 22.9 Å². The van der Waals surface area contributed by atoms with Crippen molar-refractivity contribution >= 4 is 33.2 Å². The summed E-state index contributed by atoms with van der Waals surface area (Å²) in [7, 11) is -4.24. The summed E-state index contributed by atoms with van der Waals surface area (Å²) < 4.78 is 28.4. The lowest BCUT2D eigenvalue weighted by atomic mass is 10.1. The summed E-state index contributed by atoms with van der Waals surface area (Å²) in [5, 5.41) is 14.2. The third kappa shape index (κ3) is 6.84. The number of nitrogens with one attached hydrogen (secondary N) is 1. The highest BCUT2D eigenvalue weighted by Gasteiger charge is 2.33. The molecule has 0 radical (unpaired) electrons. The molecule has 1 aliphatic carbocycles. The number of hydrogen-bond acceptors (Lipinski definition) is 6. The fourth-order valence-corrected chi connectivity index (χ4v) is 6.18. The second-order valence-electron chi connectivity index (χ2n) is 9.77. The number of nitrogens with zero attached hydrogens (tertiary/aromatic N) is 3. The second kappa shape index (κ2) is 12.7. The number of carbonyl (C=O) groups is 2. The first-order chi connectivity index (χ1) is 19.2. The van der Waals surface area contributed by atoms with Gasteiger partial charge in [0.2, 0.25) is 11.8 Å². The van der Waals surface area contributed by atoms with E-state index in [4.69, 9.17) is 0 Å². The first-order valence-corrected chi connectivity index (χ1v) is 14.6. The Bertz CT molecular complexity index is 1430. The van der Waals surface area contributed by atoms with Crippen molar-refractivity contribution in [2.45, 2.75) is 56.1 Å². The molecule has 11 heteroatoms. The van der Waals surface area contributed by atoms with Crippen molar-refractivity contribution in [3.8, 4) is 0 Å². The molecule has 1 saturated carbocycles. The molecule has 3 aromatic rings. The zero-order valence-corrected chi connectivity index (χ0v) is 23.0. The number of amides is 2. The zero-order valence-electron chi connectivity index (χ0n) is 22.2. The van der Waals surface area contributed by atoms with Gasteiger partial charge in [0.05, 0.1) is 15.5 Å². The lowest BCUT2D eigenvalue weighted by molar-refractivity contribution is -0.384. The van der Waals surface area contributed by atoms with E-state index in [1.54, 1.807) is 25.1 Å². The van der Waals surface area contributed by atoms with Crippen LogP contribution in [0.3, 0.4) is 0 Å². The molecule has 2 amide bonds. The number of nitro groups is 1. The highest BCUT2D eigenvalue weighted by atomic mass is 32.2. The fraction of sp³-hybridized carbons (Fsp3) is 0.310. The van der Waals surface area contributed by atoms with Crippen molar-refractivity contribution in [1.29, 1.82) is 0 Å². The Kier molecular flexibility index (Phi) is 9.15. The summed E-state index contributed by atoms with van der Waals surface area (Å²) in [6.07, 6.45) is 3.84. The summed E-state index contributed by atoms with van der Waals surface area (Å²) in [6.45, 7) is 1.12. The Morgan fingerprint density at radius 2 is 1.52 bits per heavy atom. The van der Waals surface area contributed by atoms with Crippen LogP contribution in [0, 0.1) is 10.1 Å². The van der Waals surface area contributed by atoms with Gasteiger partial charge in [-0.15, -0.1) is 0 Å². The molecular formula is C29H32N4O6S. The maximum atomic E-state index is 13.9. The number of benzene rings is 3. The van der Waals surface area contributed by atoms with Gasteiger partial charge >= 0.3 is 0 Å². The molecule has 1 aliphatic rings. The summed E-state index contributed by atoms with van der Waals surface area (Å²) in [5.41, 5.74) is 0.657. The van der Waals surface area contributed by atoms with Crippen LogP contribution in [0.25, 0.3) is 0 Å². The van der Waals surface area contributed by atoms with Crippen LogP contribution in [0.15, 0.2) is 89.8 Å². The van der Waals surface area contributed by atoms with Gasteiger partial charge in [0.25, 0.3) is 15.7 Å².